The van der Waals surface area contributed by atoms with E-state index in [4.69, 9.17) is 9.47 Å². The zero-order valence-corrected chi connectivity index (χ0v) is 12.6. The molecule has 2 atom stereocenters. The van der Waals surface area contributed by atoms with Crippen LogP contribution in [-0.2, 0) is 4.74 Å². The van der Waals surface area contributed by atoms with Crippen LogP contribution in [0.4, 0.5) is 4.39 Å². The molecule has 0 spiro atoms. The highest BCUT2D eigenvalue weighted by atomic mass is 19.1. The predicted octanol–water partition coefficient (Wildman–Crippen LogP) is 3.24. The van der Waals surface area contributed by atoms with Crippen LogP contribution in [0.5, 0.6) is 5.75 Å². The number of halogens is 1. The molecule has 0 amide bonds. The van der Waals surface area contributed by atoms with Crippen LogP contribution in [0.25, 0.3) is 0 Å². The third-order valence-electron chi connectivity index (χ3n) is 3.83. The highest BCUT2D eigenvalue weighted by Crippen LogP contribution is 2.31. The Balaban J connectivity index is 1.91. The summed E-state index contributed by atoms with van der Waals surface area (Å²) in [4.78, 5) is 0. The van der Waals surface area contributed by atoms with Crippen LogP contribution < -0.4 is 10.1 Å². The van der Waals surface area contributed by atoms with Crippen molar-refractivity contribution in [2.45, 2.75) is 19.1 Å². The van der Waals surface area contributed by atoms with Gasteiger partial charge in [-0.3, -0.25) is 0 Å². The van der Waals surface area contributed by atoms with Gasteiger partial charge in [0.1, 0.15) is 6.10 Å². The van der Waals surface area contributed by atoms with Crippen LogP contribution >= 0.6 is 0 Å². The van der Waals surface area contributed by atoms with Crippen molar-refractivity contribution in [1.29, 1.82) is 0 Å². The van der Waals surface area contributed by atoms with Gasteiger partial charge in [0.25, 0.3) is 0 Å². The van der Waals surface area contributed by atoms with Crippen molar-refractivity contribution in [2.24, 2.45) is 0 Å². The van der Waals surface area contributed by atoms with Crippen LogP contribution in [0.1, 0.15) is 17.2 Å². The number of rotatable bonds is 4. The van der Waals surface area contributed by atoms with Gasteiger partial charge in [-0.1, -0.05) is 42.5 Å². The molecule has 22 heavy (non-hydrogen) atoms. The minimum absolute atomic E-state index is 0.143. The Morgan fingerprint density at radius 1 is 1.18 bits per heavy atom. The van der Waals surface area contributed by atoms with E-state index in [2.05, 4.69) is 5.32 Å². The van der Waals surface area contributed by atoms with Gasteiger partial charge in [0.2, 0.25) is 0 Å². The Hall–Kier alpha value is -1.91. The van der Waals surface area contributed by atoms with Gasteiger partial charge in [0, 0.05) is 13.1 Å². The molecule has 0 aliphatic carbocycles. The molecule has 0 saturated carbocycles. The first kappa shape index (κ1) is 15.0. The molecule has 3 rings (SSSR count). The summed E-state index contributed by atoms with van der Waals surface area (Å²) in [6.07, 6.45) is -0.486. The summed E-state index contributed by atoms with van der Waals surface area (Å²) < 4.78 is 26.0. The van der Waals surface area contributed by atoms with E-state index in [1.807, 2.05) is 43.3 Å². The molecule has 1 fully saturated rings. The Kier molecular flexibility index (Phi) is 4.71. The standard InChI is InChI=1S/C18H20FNO2/c1-13-6-5-9-15(19)17(13)22-18(14-7-3-2-4-8-14)16-12-20-10-11-21-16/h2-9,16,18,20H,10-12H2,1H3. The van der Waals surface area contributed by atoms with Crippen LogP contribution in [0.3, 0.4) is 0 Å². The molecule has 2 aromatic rings. The second-order valence-corrected chi connectivity index (χ2v) is 5.45. The minimum atomic E-state index is -0.343. The van der Waals surface area contributed by atoms with Crippen LogP contribution in [-0.4, -0.2) is 25.8 Å². The van der Waals surface area contributed by atoms with E-state index in [1.54, 1.807) is 6.07 Å². The van der Waals surface area contributed by atoms with Crippen molar-refractivity contribution in [3.63, 3.8) is 0 Å². The maximum absolute atomic E-state index is 14.1. The molecule has 116 valence electrons. The molecule has 0 aromatic heterocycles. The summed E-state index contributed by atoms with van der Waals surface area (Å²) in [7, 11) is 0. The normalized spacial score (nSPS) is 19.6. The number of hydrogen-bond acceptors (Lipinski definition) is 3. The first-order valence-corrected chi connectivity index (χ1v) is 7.55. The predicted molar refractivity (Wildman–Crippen MR) is 83.6 cm³/mol. The lowest BCUT2D eigenvalue weighted by Crippen LogP contribution is -2.43. The lowest BCUT2D eigenvalue weighted by atomic mass is 10.0. The fourth-order valence-corrected chi connectivity index (χ4v) is 2.67. The lowest BCUT2D eigenvalue weighted by Gasteiger charge is -2.32. The number of aryl methyl sites for hydroxylation is 1. The van der Waals surface area contributed by atoms with Gasteiger partial charge >= 0.3 is 0 Å². The molecule has 1 aliphatic heterocycles. The third kappa shape index (κ3) is 3.29. The van der Waals surface area contributed by atoms with Crippen molar-refractivity contribution in [2.75, 3.05) is 19.7 Å². The maximum atomic E-state index is 14.1. The van der Waals surface area contributed by atoms with Crippen molar-refractivity contribution >= 4 is 0 Å². The molecule has 1 N–H and O–H groups in total. The number of benzene rings is 2. The number of ether oxygens (including phenoxy) is 2. The Labute approximate surface area is 130 Å². The zero-order chi connectivity index (χ0) is 15.4. The van der Waals surface area contributed by atoms with Crippen molar-refractivity contribution in [1.82, 2.24) is 5.32 Å². The second kappa shape index (κ2) is 6.90. The van der Waals surface area contributed by atoms with Gasteiger partial charge in [0.15, 0.2) is 17.7 Å². The number of para-hydroxylation sites is 1. The molecular formula is C18H20FNO2. The van der Waals surface area contributed by atoms with Gasteiger partial charge in [-0.2, -0.15) is 0 Å². The van der Waals surface area contributed by atoms with E-state index in [0.717, 1.165) is 17.7 Å². The van der Waals surface area contributed by atoms with E-state index >= 15 is 0 Å². The molecule has 1 aliphatic rings. The lowest BCUT2D eigenvalue weighted by molar-refractivity contribution is -0.0444. The van der Waals surface area contributed by atoms with E-state index in [-0.39, 0.29) is 18.0 Å². The summed E-state index contributed by atoms with van der Waals surface area (Å²) >= 11 is 0. The molecule has 1 saturated heterocycles. The molecule has 2 unspecified atom stereocenters. The first-order chi connectivity index (χ1) is 10.8. The summed E-state index contributed by atoms with van der Waals surface area (Å²) in [6.45, 7) is 4.00. The molecule has 1 heterocycles. The summed E-state index contributed by atoms with van der Waals surface area (Å²) in [5, 5.41) is 3.30. The molecule has 4 heteroatoms. The van der Waals surface area contributed by atoms with Gasteiger partial charge in [0.05, 0.1) is 6.61 Å². The Bertz CT molecular complexity index is 591. The van der Waals surface area contributed by atoms with E-state index in [9.17, 15) is 4.39 Å². The quantitative estimate of drug-likeness (QED) is 0.940. The van der Waals surface area contributed by atoms with Crippen molar-refractivity contribution in [3.05, 3.63) is 65.5 Å². The minimum Gasteiger partial charge on any atom is -0.480 e. The summed E-state index contributed by atoms with van der Waals surface area (Å²) in [6, 6.07) is 14.8. The smallest absolute Gasteiger partial charge is 0.165 e. The van der Waals surface area contributed by atoms with Gasteiger partial charge in [-0.15, -0.1) is 0 Å². The topological polar surface area (TPSA) is 30.5 Å². The molecular weight excluding hydrogens is 281 g/mol. The fourth-order valence-electron chi connectivity index (χ4n) is 2.67. The third-order valence-corrected chi connectivity index (χ3v) is 3.83. The average Bonchev–Trinajstić information content (AvgIpc) is 2.56. The molecule has 0 radical (unpaired) electrons. The van der Waals surface area contributed by atoms with Crippen LogP contribution in [0.2, 0.25) is 0 Å². The molecule has 0 bridgehead atoms. The number of hydrogen-bond donors (Lipinski definition) is 1. The fraction of sp³-hybridized carbons (Fsp3) is 0.333. The van der Waals surface area contributed by atoms with E-state index in [1.165, 1.54) is 6.07 Å². The van der Waals surface area contributed by atoms with Gasteiger partial charge in [-0.05, 0) is 24.1 Å². The molecule has 3 nitrogen and oxygen atoms in total. The largest absolute Gasteiger partial charge is 0.480 e. The van der Waals surface area contributed by atoms with Crippen molar-refractivity contribution in [3.8, 4) is 5.75 Å². The Morgan fingerprint density at radius 2 is 2.00 bits per heavy atom. The number of morpholine rings is 1. The van der Waals surface area contributed by atoms with Crippen LogP contribution in [0.15, 0.2) is 48.5 Å². The van der Waals surface area contributed by atoms with Gasteiger partial charge in [-0.25, -0.2) is 4.39 Å². The number of nitrogens with one attached hydrogen (secondary N) is 1. The highest BCUT2D eigenvalue weighted by molar-refractivity contribution is 5.35. The monoisotopic (exact) mass is 301 g/mol. The average molecular weight is 301 g/mol. The summed E-state index contributed by atoms with van der Waals surface area (Å²) in [5.41, 5.74) is 1.77. The molecule has 2 aromatic carbocycles. The van der Waals surface area contributed by atoms with Crippen molar-refractivity contribution < 1.29 is 13.9 Å². The highest BCUT2D eigenvalue weighted by Gasteiger charge is 2.29. The SMILES string of the molecule is Cc1cccc(F)c1OC(c1ccccc1)C1CNCCO1. The maximum Gasteiger partial charge on any atom is 0.165 e. The van der Waals surface area contributed by atoms with Gasteiger partial charge < -0.3 is 14.8 Å². The van der Waals surface area contributed by atoms with E-state index in [0.29, 0.717) is 18.9 Å². The van der Waals surface area contributed by atoms with E-state index < -0.39 is 0 Å². The summed E-state index contributed by atoms with van der Waals surface area (Å²) in [5.74, 6) is -0.0461. The van der Waals surface area contributed by atoms with Crippen LogP contribution in [0, 0.1) is 12.7 Å². The first-order valence-electron chi connectivity index (χ1n) is 7.55. The Morgan fingerprint density at radius 3 is 2.68 bits per heavy atom. The zero-order valence-electron chi connectivity index (χ0n) is 12.6. The second-order valence-electron chi connectivity index (χ2n) is 5.45.